The Morgan fingerprint density at radius 3 is 2.12 bits per heavy atom. The van der Waals surface area contributed by atoms with E-state index in [0.717, 1.165) is 22.9 Å². The Labute approximate surface area is 279 Å². The molecule has 0 spiro atoms. The lowest BCUT2D eigenvalue weighted by Crippen LogP contribution is -2.52. The quantitative estimate of drug-likeness (QED) is 0.159. The third kappa shape index (κ3) is 9.84. The molecule has 1 amide bonds. The summed E-state index contributed by atoms with van der Waals surface area (Å²) in [6.07, 6.45) is -4.45. The number of aromatic nitrogens is 1. The van der Waals surface area contributed by atoms with Crippen molar-refractivity contribution in [1.29, 1.82) is 0 Å². The monoisotopic (exact) mass is 718 g/mol. The zero-order valence-corrected chi connectivity index (χ0v) is 28.4. The van der Waals surface area contributed by atoms with E-state index < -0.39 is 116 Å². The second-order valence-electron chi connectivity index (χ2n) is 11.5. The minimum atomic E-state index is -4.59. The number of fused-ring (bicyclic) bond motifs is 1. The molecule has 0 aliphatic carbocycles. The molecule has 1 aliphatic heterocycles. The molecule has 0 radical (unpaired) electrons. The van der Waals surface area contributed by atoms with Crippen molar-refractivity contribution in [3.63, 3.8) is 0 Å². The van der Waals surface area contributed by atoms with Crippen molar-refractivity contribution in [3.8, 4) is 5.75 Å². The van der Waals surface area contributed by atoms with E-state index in [4.69, 9.17) is 32.7 Å². The Kier molecular flexibility index (Phi) is 13.0. The number of carbonyl (C=O) groups excluding carboxylic acids is 4. The second kappa shape index (κ2) is 16.3. The van der Waals surface area contributed by atoms with Gasteiger partial charge in [-0.3, -0.25) is 28.0 Å². The molecule has 2 heterocycles. The minimum absolute atomic E-state index is 0.0827. The summed E-state index contributed by atoms with van der Waals surface area (Å²) in [6, 6.07) is 2.70. The molecule has 2 N–H and O–H groups in total. The van der Waals surface area contributed by atoms with Crippen LogP contribution in [0.1, 0.15) is 61.0 Å². The van der Waals surface area contributed by atoms with E-state index in [1.165, 1.54) is 14.0 Å². The van der Waals surface area contributed by atoms with Crippen LogP contribution in [0, 0.1) is 17.0 Å². The van der Waals surface area contributed by atoms with E-state index in [1.54, 1.807) is 27.7 Å². The number of halogens is 2. The Hall–Kier alpha value is -4.38. The summed E-state index contributed by atoms with van der Waals surface area (Å²) in [7, 11) is -3.37. The molecule has 2 atom stereocenters. The van der Waals surface area contributed by atoms with Gasteiger partial charge in [0.25, 0.3) is 5.91 Å². The molecule has 2 unspecified atom stereocenters. The average Bonchev–Trinajstić information content (AvgIpc) is 2.99. The van der Waals surface area contributed by atoms with E-state index in [1.807, 2.05) is 0 Å². The van der Waals surface area contributed by atoms with Gasteiger partial charge in [0.15, 0.2) is 11.5 Å². The van der Waals surface area contributed by atoms with Gasteiger partial charge in [-0.2, -0.15) is 0 Å². The molecule has 0 saturated carbocycles. The van der Waals surface area contributed by atoms with Crippen LogP contribution in [0.2, 0.25) is 0 Å². The molecule has 3 rings (SSSR count). The molecule has 1 aromatic heterocycles. The van der Waals surface area contributed by atoms with E-state index in [-0.39, 0.29) is 12.1 Å². The van der Waals surface area contributed by atoms with Gasteiger partial charge in [-0.25, -0.2) is 18.4 Å². The summed E-state index contributed by atoms with van der Waals surface area (Å²) < 4.78 is 77.6. The predicted molar refractivity (Wildman–Crippen MR) is 163 cm³/mol. The molecule has 16 nitrogen and oxygen atoms in total. The normalized spacial score (nSPS) is 17.4. The van der Waals surface area contributed by atoms with E-state index in [9.17, 15) is 42.4 Å². The highest BCUT2D eigenvalue weighted by atomic mass is 31.2. The van der Waals surface area contributed by atoms with Crippen LogP contribution in [-0.4, -0.2) is 78.8 Å². The highest BCUT2D eigenvalue weighted by molar-refractivity contribution is 7.53. The maximum absolute atomic E-state index is 14.0. The number of nitrogens with zero attached hydrogens (tertiary/aromatic N) is 1. The molecule has 0 bridgehead atoms. The van der Waals surface area contributed by atoms with E-state index in [0.29, 0.717) is 6.07 Å². The van der Waals surface area contributed by atoms with Gasteiger partial charge < -0.3 is 38.7 Å². The van der Waals surface area contributed by atoms with Gasteiger partial charge in [-0.1, -0.05) is 6.07 Å². The number of carbonyl (C=O) groups is 4. The molecule has 1 aliphatic rings. The van der Waals surface area contributed by atoms with Crippen LogP contribution in [0.4, 0.5) is 18.4 Å². The van der Waals surface area contributed by atoms with Gasteiger partial charge in [0, 0.05) is 31.5 Å². The van der Waals surface area contributed by atoms with Gasteiger partial charge in [-0.15, -0.1) is 0 Å². The topological polar surface area (TPSA) is 204 Å². The molecular formula is C30H37F2N2O14P. The third-order valence-electron chi connectivity index (χ3n) is 7.09. The molecular weight excluding hydrogens is 681 g/mol. The van der Waals surface area contributed by atoms with Gasteiger partial charge in [0.2, 0.25) is 19.0 Å². The SMILES string of the molecule is COC1Cn2cc(C(=O)NCc3ccc(F)cc3F)c(=O)c(O)c2C(=O)C1(C)CP(=O)(OCOC(=O)OC(C)C)OCOC(=O)OC(C)C. The molecule has 19 heteroatoms. The number of nitrogens with one attached hydrogen (secondary N) is 1. The smallest absolute Gasteiger partial charge is 0.503 e. The van der Waals surface area contributed by atoms with Crippen LogP contribution >= 0.6 is 7.60 Å². The molecule has 0 saturated heterocycles. The second-order valence-corrected chi connectivity index (χ2v) is 13.6. The highest BCUT2D eigenvalue weighted by Gasteiger charge is 2.53. The molecule has 0 fully saturated rings. The summed E-state index contributed by atoms with van der Waals surface area (Å²) in [5, 5.41) is 13.2. The number of aromatic hydroxyl groups is 1. The van der Waals surface area contributed by atoms with Gasteiger partial charge in [-0.05, 0) is 40.7 Å². The summed E-state index contributed by atoms with van der Waals surface area (Å²) >= 11 is 0. The van der Waals surface area contributed by atoms with Crippen molar-refractivity contribution in [2.75, 3.05) is 26.9 Å². The largest absolute Gasteiger partial charge is 0.510 e. The number of ether oxygens (including phenoxy) is 5. The number of ketones is 1. The number of methoxy groups -OCH3 is 1. The number of benzene rings is 1. The molecule has 270 valence electrons. The van der Waals surface area contributed by atoms with Crippen LogP contribution in [0.15, 0.2) is 29.2 Å². The van der Waals surface area contributed by atoms with E-state index in [2.05, 4.69) is 5.32 Å². The number of rotatable bonds is 14. The first kappa shape index (κ1) is 39.1. The summed E-state index contributed by atoms with van der Waals surface area (Å²) in [6.45, 7) is 4.79. The lowest BCUT2D eigenvalue weighted by molar-refractivity contribution is -0.0365. The first-order valence-electron chi connectivity index (χ1n) is 14.7. The summed E-state index contributed by atoms with van der Waals surface area (Å²) in [5.74, 6) is -4.90. The predicted octanol–water partition coefficient (Wildman–Crippen LogP) is 4.24. The lowest BCUT2D eigenvalue weighted by atomic mass is 9.77. The number of pyridine rings is 1. The van der Waals surface area contributed by atoms with Crippen LogP contribution in [0.5, 0.6) is 5.75 Å². The Balaban J connectivity index is 1.90. The van der Waals surface area contributed by atoms with Crippen LogP contribution in [0.3, 0.4) is 0 Å². The highest BCUT2D eigenvalue weighted by Crippen LogP contribution is 2.55. The van der Waals surface area contributed by atoms with Crippen molar-refractivity contribution in [1.82, 2.24) is 9.88 Å². The molecule has 2 aromatic rings. The third-order valence-corrected chi connectivity index (χ3v) is 9.13. The number of amides is 1. The van der Waals surface area contributed by atoms with Crippen LogP contribution in [-0.2, 0) is 50.4 Å². The lowest BCUT2D eigenvalue weighted by Gasteiger charge is -2.41. The number of hydrogen-bond acceptors (Lipinski definition) is 14. The van der Waals surface area contributed by atoms with Gasteiger partial charge in [0.1, 0.15) is 22.9 Å². The van der Waals surface area contributed by atoms with Crippen molar-refractivity contribution in [2.45, 2.75) is 66.0 Å². The zero-order valence-electron chi connectivity index (χ0n) is 27.5. The van der Waals surface area contributed by atoms with Crippen molar-refractivity contribution in [2.24, 2.45) is 5.41 Å². The zero-order chi connectivity index (χ0) is 36.7. The van der Waals surface area contributed by atoms with Crippen molar-refractivity contribution < 1.29 is 70.4 Å². The number of Topliss-reactive ketones (excluding diaryl/α,β-unsaturated/α-hetero) is 1. The van der Waals surface area contributed by atoms with Gasteiger partial charge in [0.05, 0.1) is 36.4 Å². The first-order valence-corrected chi connectivity index (χ1v) is 16.4. The summed E-state index contributed by atoms with van der Waals surface area (Å²) in [5.41, 5.74) is -4.39. The molecule has 49 heavy (non-hydrogen) atoms. The molecule has 1 aromatic carbocycles. The Bertz CT molecular complexity index is 1650. The van der Waals surface area contributed by atoms with Crippen LogP contribution in [0.25, 0.3) is 0 Å². The van der Waals surface area contributed by atoms with Crippen LogP contribution < -0.4 is 10.7 Å². The fourth-order valence-corrected chi connectivity index (χ4v) is 6.56. The van der Waals surface area contributed by atoms with Gasteiger partial charge >= 0.3 is 19.9 Å². The fourth-order valence-electron chi connectivity index (χ4n) is 4.73. The Morgan fingerprint density at radius 1 is 1.04 bits per heavy atom. The van der Waals surface area contributed by atoms with E-state index >= 15 is 0 Å². The maximum atomic E-state index is 14.0. The van der Waals surface area contributed by atoms with Crippen molar-refractivity contribution in [3.05, 3.63) is 63.1 Å². The number of hydrogen-bond donors (Lipinski definition) is 2. The fraction of sp³-hybridized carbons (Fsp3) is 0.500. The standard InChI is InChI=1S/C30H37F2N2O14P/c1-16(2)47-28(39)43-14-45-49(41,46-15-44-29(40)48-17(3)4)13-30(5)22(42-6)12-34-11-20(24(35)25(36)23(34)26(30)37)27(38)33-10-18-7-8-19(31)9-21(18)32/h7-9,11,16-17,22,36H,10,12-15H2,1-6H3,(H,33,38). The average molecular weight is 719 g/mol. The van der Waals surface area contributed by atoms with Crippen molar-refractivity contribution >= 4 is 31.6 Å². The Morgan fingerprint density at radius 2 is 1.61 bits per heavy atom. The first-order chi connectivity index (χ1) is 22.9. The summed E-state index contributed by atoms with van der Waals surface area (Å²) in [4.78, 5) is 63.7. The minimum Gasteiger partial charge on any atom is -0.503 e. The maximum Gasteiger partial charge on any atom is 0.510 e.